The van der Waals surface area contributed by atoms with Gasteiger partial charge in [0.1, 0.15) is 0 Å². The van der Waals surface area contributed by atoms with Gasteiger partial charge in [0.25, 0.3) is 0 Å². The third-order valence-electron chi connectivity index (χ3n) is 2.47. The Morgan fingerprint density at radius 1 is 1.45 bits per heavy atom. The summed E-state index contributed by atoms with van der Waals surface area (Å²) in [6.45, 7) is 0.439. The van der Waals surface area contributed by atoms with E-state index < -0.39 is 0 Å². The van der Waals surface area contributed by atoms with E-state index in [-0.39, 0.29) is 5.91 Å². The predicted molar refractivity (Wildman–Crippen MR) is 83.7 cm³/mol. The summed E-state index contributed by atoms with van der Waals surface area (Å²) in [5, 5.41) is 2.80. The molecular formula is C14H13BrN2O2S. The van der Waals surface area contributed by atoms with E-state index in [1.807, 2.05) is 18.2 Å². The summed E-state index contributed by atoms with van der Waals surface area (Å²) in [7, 11) is 1.57. The van der Waals surface area contributed by atoms with Gasteiger partial charge in [-0.05, 0) is 39.7 Å². The number of nitrogens with one attached hydrogen (secondary N) is 1. The van der Waals surface area contributed by atoms with E-state index in [0.717, 1.165) is 14.2 Å². The van der Waals surface area contributed by atoms with Gasteiger partial charge >= 0.3 is 0 Å². The van der Waals surface area contributed by atoms with Gasteiger partial charge < -0.3 is 10.1 Å². The fourth-order valence-corrected chi connectivity index (χ4v) is 2.79. The minimum absolute atomic E-state index is 0.134. The maximum absolute atomic E-state index is 11.7. The molecule has 0 aliphatic heterocycles. The Balaban J connectivity index is 1.83. The maximum atomic E-state index is 11.7. The summed E-state index contributed by atoms with van der Waals surface area (Å²) in [4.78, 5) is 16.8. The van der Waals surface area contributed by atoms with E-state index in [0.29, 0.717) is 12.4 Å². The lowest BCUT2D eigenvalue weighted by atomic mass is 10.3. The molecule has 1 amide bonds. The summed E-state index contributed by atoms with van der Waals surface area (Å²) < 4.78 is 6.02. The van der Waals surface area contributed by atoms with Crippen molar-refractivity contribution in [2.75, 3.05) is 7.11 Å². The van der Waals surface area contributed by atoms with Gasteiger partial charge in [-0.1, -0.05) is 6.07 Å². The summed E-state index contributed by atoms with van der Waals surface area (Å²) >= 11 is 4.95. The van der Waals surface area contributed by atoms with Crippen LogP contribution in [0, 0.1) is 0 Å². The van der Waals surface area contributed by atoms with Gasteiger partial charge in [0.2, 0.25) is 11.8 Å². The SMILES string of the molecule is COc1ccc(CNC(=O)/C=C/c2ccc(Br)s2)cn1. The van der Waals surface area contributed by atoms with Crippen molar-refractivity contribution in [2.24, 2.45) is 0 Å². The van der Waals surface area contributed by atoms with Crippen LogP contribution in [-0.2, 0) is 11.3 Å². The minimum atomic E-state index is -0.134. The minimum Gasteiger partial charge on any atom is -0.481 e. The molecule has 0 saturated heterocycles. The van der Waals surface area contributed by atoms with E-state index in [4.69, 9.17) is 4.74 Å². The number of methoxy groups -OCH3 is 1. The largest absolute Gasteiger partial charge is 0.481 e. The molecule has 0 unspecified atom stereocenters. The van der Waals surface area contributed by atoms with Crippen molar-refractivity contribution in [1.82, 2.24) is 10.3 Å². The van der Waals surface area contributed by atoms with Gasteiger partial charge in [-0.3, -0.25) is 4.79 Å². The summed E-state index contributed by atoms with van der Waals surface area (Å²) in [5.41, 5.74) is 0.923. The lowest BCUT2D eigenvalue weighted by Gasteiger charge is -2.03. The van der Waals surface area contributed by atoms with Crippen LogP contribution in [0.2, 0.25) is 0 Å². The van der Waals surface area contributed by atoms with Crippen LogP contribution in [-0.4, -0.2) is 18.0 Å². The van der Waals surface area contributed by atoms with Crippen molar-refractivity contribution in [1.29, 1.82) is 0 Å². The number of ether oxygens (including phenoxy) is 1. The molecule has 0 fully saturated rings. The van der Waals surface area contributed by atoms with Crippen molar-refractivity contribution >= 4 is 39.2 Å². The van der Waals surface area contributed by atoms with Crippen LogP contribution < -0.4 is 10.1 Å². The molecule has 2 rings (SSSR count). The van der Waals surface area contributed by atoms with E-state index >= 15 is 0 Å². The molecule has 0 aromatic carbocycles. The first-order valence-corrected chi connectivity index (χ1v) is 7.48. The Labute approximate surface area is 129 Å². The Morgan fingerprint density at radius 3 is 2.90 bits per heavy atom. The first-order valence-electron chi connectivity index (χ1n) is 5.87. The first kappa shape index (κ1) is 14.7. The topological polar surface area (TPSA) is 51.2 Å². The van der Waals surface area contributed by atoms with Gasteiger partial charge in [0.05, 0.1) is 10.9 Å². The van der Waals surface area contributed by atoms with Crippen molar-refractivity contribution in [2.45, 2.75) is 6.54 Å². The van der Waals surface area contributed by atoms with E-state index in [9.17, 15) is 4.79 Å². The molecule has 0 atom stereocenters. The van der Waals surface area contributed by atoms with Crippen LogP contribution in [0.4, 0.5) is 0 Å². The molecule has 1 N–H and O–H groups in total. The van der Waals surface area contributed by atoms with Crippen molar-refractivity contribution in [3.63, 3.8) is 0 Å². The Bertz CT molecular complexity index is 608. The molecule has 0 bridgehead atoms. The normalized spacial score (nSPS) is 10.7. The third kappa shape index (κ3) is 4.47. The number of amides is 1. The molecule has 104 valence electrons. The molecule has 0 aliphatic rings. The van der Waals surface area contributed by atoms with Crippen LogP contribution >= 0.6 is 27.3 Å². The Hall–Kier alpha value is -1.66. The number of pyridine rings is 1. The number of hydrogen-bond donors (Lipinski definition) is 1. The number of nitrogens with zero attached hydrogens (tertiary/aromatic N) is 1. The average molecular weight is 353 g/mol. The highest BCUT2D eigenvalue weighted by Crippen LogP contribution is 2.22. The summed E-state index contributed by atoms with van der Waals surface area (Å²) in [6, 6.07) is 7.53. The zero-order chi connectivity index (χ0) is 14.4. The fraction of sp³-hybridized carbons (Fsp3) is 0.143. The number of halogens is 1. The zero-order valence-corrected chi connectivity index (χ0v) is 13.2. The van der Waals surface area contributed by atoms with E-state index in [1.54, 1.807) is 36.8 Å². The lowest BCUT2D eigenvalue weighted by Crippen LogP contribution is -2.20. The number of carbonyl (C=O) groups excluding carboxylic acids is 1. The molecule has 0 aliphatic carbocycles. The first-order chi connectivity index (χ1) is 9.67. The Kier molecular flexibility index (Phi) is 5.31. The van der Waals surface area contributed by atoms with Gasteiger partial charge in [-0.2, -0.15) is 0 Å². The molecule has 2 aromatic heterocycles. The fourth-order valence-electron chi connectivity index (χ4n) is 1.46. The Morgan fingerprint density at radius 2 is 2.30 bits per heavy atom. The summed E-state index contributed by atoms with van der Waals surface area (Å²) in [6.07, 6.45) is 4.99. The number of carbonyl (C=O) groups is 1. The molecular weight excluding hydrogens is 340 g/mol. The second-order valence-corrected chi connectivity index (χ2v) is 6.40. The summed E-state index contributed by atoms with van der Waals surface area (Å²) in [5.74, 6) is 0.425. The van der Waals surface area contributed by atoms with Crippen LogP contribution in [0.5, 0.6) is 5.88 Å². The lowest BCUT2D eigenvalue weighted by molar-refractivity contribution is -0.116. The zero-order valence-electron chi connectivity index (χ0n) is 10.8. The molecule has 20 heavy (non-hydrogen) atoms. The van der Waals surface area contributed by atoms with Crippen molar-refractivity contribution < 1.29 is 9.53 Å². The number of rotatable bonds is 5. The van der Waals surface area contributed by atoms with E-state index in [1.165, 1.54) is 6.08 Å². The molecule has 4 nitrogen and oxygen atoms in total. The number of hydrogen-bond acceptors (Lipinski definition) is 4. The van der Waals surface area contributed by atoms with Gasteiger partial charge in [-0.15, -0.1) is 11.3 Å². The molecule has 2 aromatic rings. The standard InChI is InChI=1S/C14H13BrN2O2S/c1-19-14-7-2-10(9-17-14)8-16-13(18)6-4-11-3-5-12(15)20-11/h2-7,9H,8H2,1H3,(H,16,18)/b6-4+. The van der Waals surface area contributed by atoms with Gasteiger partial charge in [0, 0.05) is 29.8 Å². The highest BCUT2D eigenvalue weighted by molar-refractivity contribution is 9.11. The quantitative estimate of drug-likeness (QED) is 0.840. The third-order valence-corrected chi connectivity index (χ3v) is 4.06. The highest BCUT2D eigenvalue weighted by atomic mass is 79.9. The second kappa shape index (κ2) is 7.21. The van der Waals surface area contributed by atoms with E-state index in [2.05, 4.69) is 26.2 Å². The number of thiophene rings is 1. The van der Waals surface area contributed by atoms with Crippen molar-refractivity contribution in [3.05, 3.63) is 50.8 Å². The van der Waals surface area contributed by atoms with Gasteiger partial charge in [-0.25, -0.2) is 4.98 Å². The van der Waals surface area contributed by atoms with Gasteiger partial charge in [0.15, 0.2) is 0 Å². The average Bonchev–Trinajstić information content (AvgIpc) is 2.89. The van der Waals surface area contributed by atoms with Crippen molar-refractivity contribution in [3.8, 4) is 5.88 Å². The smallest absolute Gasteiger partial charge is 0.244 e. The molecule has 0 spiro atoms. The van der Waals surface area contributed by atoms with Crippen LogP contribution in [0.25, 0.3) is 6.08 Å². The monoisotopic (exact) mass is 352 g/mol. The molecule has 0 radical (unpaired) electrons. The van der Waals surface area contributed by atoms with Crippen LogP contribution in [0.1, 0.15) is 10.4 Å². The maximum Gasteiger partial charge on any atom is 0.244 e. The van der Waals surface area contributed by atoms with Crippen LogP contribution in [0.15, 0.2) is 40.3 Å². The predicted octanol–water partition coefficient (Wildman–Crippen LogP) is 3.24. The molecule has 2 heterocycles. The number of aromatic nitrogens is 1. The highest BCUT2D eigenvalue weighted by Gasteiger charge is 1.99. The molecule has 6 heteroatoms. The second-order valence-electron chi connectivity index (χ2n) is 3.90. The van der Waals surface area contributed by atoms with Crippen LogP contribution in [0.3, 0.4) is 0 Å². The molecule has 0 saturated carbocycles.